The van der Waals surface area contributed by atoms with Crippen molar-refractivity contribution in [2.24, 2.45) is 0 Å². The molecule has 136 valence electrons. The average molecular weight is 356 g/mol. The number of carbonyl (C=O) groups excluding carboxylic acids is 1. The highest BCUT2D eigenvalue weighted by Gasteiger charge is 2.27. The fourth-order valence-electron chi connectivity index (χ4n) is 2.95. The Labute approximate surface area is 151 Å². The second-order valence-electron chi connectivity index (χ2n) is 6.02. The van der Waals surface area contributed by atoms with Gasteiger partial charge in [-0.05, 0) is 36.8 Å². The Bertz CT molecular complexity index is 836. The van der Waals surface area contributed by atoms with Crippen LogP contribution in [0, 0.1) is 6.92 Å². The second kappa shape index (κ2) is 7.53. The van der Waals surface area contributed by atoms with E-state index in [0.717, 1.165) is 11.3 Å². The van der Waals surface area contributed by atoms with E-state index >= 15 is 0 Å². The number of methoxy groups -OCH3 is 1. The number of morpholine rings is 1. The van der Waals surface area contributed by atoms with Crippen LogP contribution in [0.1, 0.15) is 38.2 Å². The lowest BCUT2D eigenvalue weighted by atomic mass is 10.1. The summed E-state index contributed by atoms with van der Waals surface area (Å²) in [6, 6.07) is 10.4. The van der Waals surface area contributed by atoms with Gasteiger partial charge in [0.15, 0.2) is 0 Å². The largest absolute Gasteiger partial charge is 0.497 e. The fraction of sp³-hybridized carbons (Fsp3) is 0.316. The van der Waals surface area contributed by atoms with Crippen molar-refractivity contribution in [1.29, 1.82) is 0 Å². The number of aromatic nitrogens is 1. The summed E-state index contributed by atoms with van der Waals surface area (Å²) < 4.78 is 11.0. The molecule has 3 rings (SSSR count). The van der Waals surface area contributed by atoms with Crippen LogP contribution < -0.4 is 4.74 Å². The zero-order valence-electron chi connectivity index (χ0n) is 14.6. The number of aromatic carboxylic acids is 1. The third-order valence-electron chi connectivity index (χ3n) is 4.35. The number of carbonyl (C=O) groups is 2. The molecule has 1 aliphatic rings. The summed E-state index contributed by atoms with van der Waals surface area (Å²) in [5.74, 6) is -0.559. The Hall–Kier alpha value is -2.93. The van der Waals surface area contributed by atoms with E-state index in [9.17, 15) is 9.59 Å². The summed E-state index contributed by atoms with van der Waals surface area (Å²) >= 11 is 0. The van der Waals surface area contributed by atoms with Crippen molar-refractivity contribution in [3.63, 3.8) is 0 Å². The van der Waals surface area contributed by atoms with Crippen LogP contribution in [0.2, 0.25) is 0 Å². The van der Waals surface area contributed by atoms with Crippen LogP contribution in [0.25, 0.3) is 0 Å². The number of hydrogen-bond acceptors (Lipinski definition) is 5. The van der Waals surface area contributed by atoms with Gasteiger partial charge in [-0.15, -0.1) is 0 Å². The van der Waals surface area contributed by atoms with Gasteiger partial charge in [0.05, 0.1) is 31.5 Å². The molecule has 2 heterocycles. The number of benzene rings is 1. The zero-order chi connectivity index (χ0) is 18.7. The Balaban J connectivity index is 1.77. The van der Waals surface area contributed by atoms with Crippen molar-refractivity contribution >= 4 is 11.9 Å². The molecule has 1 aliphatic heterocycles. The molecule has 0 radical (unpaired) electrons. The molecule has 26 heavy (non-hydrogen) atoms. The lowest BCUT2D eigenvalue weighted by Gasteiger charge is -2.33. The van der Waals surface area contributed by atoms with Crippen molar-refractivity contribution in [2.45, 2.75) is 13.0 Å². The molecule has 1 amide bonds. The molecule has 0 aliphatic carbocycles. The molecule has 1 aromatic carbocycles. The summed E-state index contributed by atoms with van der Waals surface area (Å²) in [6.07, 6.45) is -0.248. The molecular weight excluding hydrogens is 336 g/mol. The van der Waals surface area contributed by atoms with Crippen LogP contribution in [0.3, 0.4) is 0 Å². The Morgan fingerprint density at radius 3 is 2.81 bits per heavy atom. The Morgan fingerprint density at radius 2 is 2.12 bits per heavy atom. The highest BCUT2D eigenvalue weighted by Crippen LogP contribution is 2.26. The number of hydrogen-bond donors (Lipinski definition) is 1. The van der Waals surface area contributed by atoms with Gasteiger partial charge in [-0.2, -0.15) is 0 Å². The average Bonchev–Trinajstić information content (AvgIpc) is 2.67. The molecular formula is C19H20N2O5. The first kappa shape index (κ1) is 17.9. The topological polar surface area (TPSA) is 89.0 Å². The van der Waals surface area contributed by atoms with Crippen LogP contribution >= 0.6 is 0 Å². The number of nitrogens with zero attached hydrogens (tertiary/aromatic N) is 2. The standard InChI is InChI=1S/C19H20N2O5/c1-12-15(19(23)24)6-7-16(20-12)18(22)21-8-9-26-17(11-21)13-4-3-5-14(10-13)25-2/h3-7,10,17H,8-9,11H2,1-2H3,(H,23,24). The van der Waals surface area contributed by atoms with Crippen molar-refractivity contribution in [2.75, 3.05) is 26.8 Å². The van der Waals surface area contributed by atoms with E-state index in [1.807, 2.05) is 24.3 Å². The quantitative estimate of drug-likeness (QED) is 0.904. The van der Waals surface area contributed by atoms with Crippen molar-refractivity contribution < 1.29 is 24.2 Å². The number of ether oxygens (including phenoxy) is 2. The van der Waals surface area contributed by atoms with Crippen LogP contribution in [-0.4, -0.2) is 53.7 Å². The van der Waals surface area contributed by atoms with Gasteiger partial charge in [-0.1, -0.05) is 12.1 Å². The second-order valence-corrected chi connectivity index (χ2v) is 6.02. The third-order valence-corrected chi connectivity index (χ3v) is 4.35. The first-order chi connectivity index (χ1) is 12.5. The van der Waals surface area contributed by atoms with Crippen LogP contribution in [0.5, 0.6) is 5.75 Å². The molecule has 1 fully saturated rings. The summed E-state index contributed by atoms with van der Waals surface area (Å²) in [4.78, 5) is 29.7. The maximum absolute atomic E-state index is 12.8. The first-order valence-corrected chi connectivity index (χ1v) is 8.25. The van der Waals surface area contributed by atoms with Crippen LogP contribution in [-0.2, 0) is 4.74 Å². The number of pyridine rings is 1. The smallest absolute Gasteiger partial charge is 0.337 e. The molecule has 0 saturated carbocycles. The van der Waals surface area contributed by atoms with Crippen molar-refractivity contribution in [1.82, 2.24) is 9.88 Å². The number of rotatable bonds is 4. The molecule has 1 aromatic heterocycles. The van der Waals surface area contributed by atoms with E-state index in [0.29, 0.717) is 25.4 Å². The highest BCUT2D eigenvalue weighted by atomic mass is 16.5. The maximum atomic E-state index is 12.8. The molecule has 0 bridgehead atoms. The molecule has 1 atom stereocenters. The molecule has 7 heteroatoms. The van der Waals surface area contributed by atoms with Gasteiger partial charge in [0, 0.05) is 6.54 Å². The Kier molecular flexibility index (Phi) is 5.18. The monoisotopic (exact) mass is 356 g/mol. The highest BCUT2D eigenvalue weighted by molar-refractivity contribution is 5.94. The molecule has 2 aromatic rings. The van der Waals surface area contributed by atoms with Gasteiger partial charge in [0.25, 0.3) is 5.91 Å². The lowest BCUT2D eigenvalue weighted by molar-refractivity contribution is -0.0230. The van der Waals surface area contributed by atoms with Gasteiger partial charge >= 0.3 is 5.97 Å². The molecule has 0 spiro atoms. The number of amides is 1. The molecule has 1 N–H and O–H groups in total. The minimum Gasteiger partial charge on any atom is -0.497 e. The van der Waals surface area contributed by atoms with Gasteiger partial charge in [0.1, 0.15) is 17.5 Å². The number of aryl methyl sites for hydroxylation is 1. The Morgan fingerprint density at radius 1 is 1.31 bits per heavy atom. The van der Waals surface area contributed by atoms with Crippen LogP contribution in [0.15, 0.2) is 36.4 Å². The molecule has 1 saturated heterocycles. The molecule has 7 nitrogen and oxygen atoms in total. The van der Waals surface area contributed by atoms with Crippen molar-refractivity contribution in [3.8, 4) is 5.75 Å². The summed E-state index contributed by atoms with van der Waals surface area (Å²) in [5.41, 5.74) is 1.59. The summed E-state index contributed by atoms with van der Waals surface area (Å²) in [6.45, 7) is 2.85. The maximum Gasteiger partial charge on any atom is 0.337 e. The first-order valence-electron chi connectivity index (χ1n) is 8.25. The number of carboxylic acid groups (broad SMARTS) is 1. The van der Waals surface area contributed by atoms with E-state index < -0.39 is 5.97 Å². The summed E-state index contributed by atoms with van der Waals surface area (Å²) in [5, 5.41) is 9.09. The molecule has 1 unspecified atom stereocenters. The van der Waals surface area contributed by atoms with E-state index in [-0.39, 0.29) is 23.3 Å². The van der Waals surface area contributed by atoms with Gasteiger partial charge in [-0.3, -0.25) is 4.79 Å². The fourth-order valence-corrected chi connectivity index (χ4v) is 2.95. The number of carboxylic acids is 1. The van der Waals surface area contributed by atoms with Crippen molar-refractivity contribution in [3.05, 3.63) is 58.9 Å². The van der Waals surface area contributed by atoms with Crippen LogP contribution in [0.4, 0.5) is 0 Å². The SMILES string of the molecule is COc1cccc(C2CN(C(=O)c3ccc(C(=O)O)c(C)n3)CCO2)c1. The van der Waals surface area contributed by atoms with E-state index in [1.165, 1.54) is 12.1 Å². The minimum atomic E-state index is -1.06. The predicted molar refractivity (Wildman–Crippen MR) is 93.5 cm³/mol. The minimum absolute atomic E-state index is 0.0952. The summed E-state index contributed by atoms with van der Waals surface area (Å²) in [7, 11) is 1.60. The van der Waals surface area contributed by atoms with Gasteiger partial charge in [0.2, 0.25) is 0 Å². The van der Waals surface area contributed by atoms with E-state index in [4.69, 9.17) is 14.6 Å². The van der Waals surface area contributed by atoms with E-state index in [1.54, 1.807) is 18.9 Å². The normalized spacial score (nSPS) is 17.0. The van der Waals surface area contributed by atoms with Gasteiger partial charge < -0.3 is 19.5 Å². The predicted octanol–water partition coefficient (Wildman–Crippen LogP) is 2.31. The van der Waals surface area contributed by atoms with E-state index in [2.05, 4.69) is 4.98 Å². The lowest BCUT2D eigenvalue weighted by Crippen LogP contribution is -2.42. The third kappa shape index (κ3) is 3.67. The van der Waals surface area contributed by atoms with Gasteiger partial charge in [-0.25, -0.2) is 9.78 Å². The zero-order valence-corrected chi connectivity index (χ0v) is 14.6.